The first-order valence-electron chi connectivity index (χ1n) is 11.3. The zero-order valence-electron chi connectivity index (χ0n) is 17.8. The molecule has 0 aromatic carbocycles. The van der Waals surface area contributed by atoms with E-state index in [0.29, 0.717) is 30.6 Å². The molecule has 4 aliphatic carbocycles. The number of hydrogen-bond donors (Lipinski definition) is 0. The van der Waals surface area contributed by atoms with Crippen LogP contribution in [0.15, 0.2) is 11.6 Å². The highest BCUT2D eigenvalue weighted by atomic mass is 32.2. The van der Waals surface area contributed by atoms with Crippen molar-refractivity contribution in [1.82, 2.24) is 0 Å². The molecule has 0 unspecified atom stereocenters. The summed E-state index contributed by atoms with van der Waals surface area (Å²) in [5, 5.41) is 0.409. The first-order chi connectivity index (χ1) is 13.7. The highest BCUT2D eigenvalue weighted by Gasteiger charge is 2.68. The van der Waals surface area contributed by atoms with E-state index in [1.54, 1.807) is 6.92 Å². The van der Waals surface area contributed by atoms with Gasteiger partial charge < -0.3 is 4.74 Å². The Labute approximate surface area is 177 Å². The number of allylic oxidation sites excluding steroid dienone is 1. The lowest BCUT2D eigenvalue weighted by atomic mass is 9.46. The molecule has 0 N–H and O–H groups in total. The van der Waals surface area contributed by atoms with Crippen molar-refractivity contribution in [3.05, 3.63) is 11.6 Å². The zero-order chi connectivity index (χ0) is 20.6. The fourth-order valence-electron chi connectivity index (χ4n) is 8.13. The SMILES string of the molecule is CC(=O)S[C@H]1CC2=CC(=O)CC[C@]2(C)[C@@H]2CC[C@]3(C)[C@H](CC[C@@]34CCC(=O)O4)[C@@H]12. The lowest BCUT2D eigenvalue weighted by molar-refractivity contribution is -0.167. The molecule has 1 saturated heterocycles. The molecule has 3 saturated carbocycles. The van der Waals surface area contributed by atoms with Crippen LogP contribution in [0.3, 0.4) is 0 Å². The molecule has 4 nitrogen and oxygen atoms in total. The molecule has 7 atom stereocenters. The van der Waals surface area contributed by atoms with E-state index in [1.807, 2.05) is 6.08 Å². The van der Waals surface area contributed by atoms with Crippen LogP contribution in [-0.2, 0) is 19.1 Å². The van der Waals surface area contributed by atoms with Gasteiger partial charge in [0.2, 0.25) is 0 Å². The van der Waals surface area contributed by atoms with Crippen molar-refractivity contribution in [3.8, 4) is 0 Å². The van der Waals surface area contributed by atoms with Crippen molar-refractivity contribution in [3.63, 3.8) is 0 Å². The van der Waals surface area contributed by atoms with Crippen molar-refractivity contribution in [1.29, 1.82) is 0 Å². The lowest BCUT2D eigenvalue weighted by Crippen LogP contribution is -2.57. The van der Waals surface area contributed by atoms with E-state index in [0.717, 1.165) is 44.9 Å². The summed E-state index contributed by atoms with van der Waals surface area (Å²) in [4.78, 5) is 36.4. The minimum absolute atomic E-state index is 0.0119. The lowest BCUT2D eigenvalue weighted by Gasteiger charge is -2.61. The number of carbonyl (C=O) groups is 3. The molecular formula is C24H32O4S. The largest absolute Gasteiger partial charge is 0.458 e. The summed E-state index contributed by atoms with van der Waals surface area (Å²) in [5.41, 5.74) is 1.09. The van der Waals surface area contributed by atoms with Crippen LogP contribution in [0.25, 0.3) is 0 Å². The van der Waals surface area contributed by atoms with E-state index in [1.165, 1.54) is 17.3 Å². The Morgan fingerprint density at radius 2 is 1.83 bits per heavy atom. The molecule has 1 heterocycles. The second-order valence-electron chi connectivity index (χ2n) is 10.7. The number of thioether (sulfide) groups is 1. The summed E-state index contributed by atoms with van der Waals surface area (Å²) >= 11 is 1.50. The molecule has 4 fully saturated rings. The van der Waals surface area contributed by atoms with Crippen LogP contribution >= 0.6 is 11.8 Å². The molecule has 1 aliphatic heterocycles. The maximum atomic E-state index is 12.2. The fraction of sp³-hybridized carbons (Fsp3) is 0.792. The summed E-state index contributed by atoms with van der Waals surface area (Å²) in [6, 6.07) is 0. The number of ketones is 1. The standard InChI is InChI=1S/C24H32O4S/c1-14(25)29-19-13-15-12-16(26)4-8-22(15,2)17-5-9-23(3)18(21(17)19)6-10-24(23)11-7-20(27)28-24/h12,17-19,21H,4-11,13H2,1-3H3/t17-,18-,19+,21+,22+,23-,24-/m1/s1. The molecule has 1 spiro atoms. The Hall–Kier alpha value is -1.10. The molecule has 0 amide bonds. The Morgan fingerprint density at radius 3 is 2.52 bits per heavy atom. The maximum absolute atomic E-state index is 12.2. The minimum Gasteiger partial charge on any atom is -0.458 e. The Balaban J connectivity index is 1.56. The number of hydrogen-bond acceptors (Lipinski definition) is 5. The van der Waals surface area contributed by atoms with Gasteiger partial charge in [-0.15, -0.1) is 0 Å². The Bertz CT molecular complexity index is 818. The first-order valence-corrected chi connectivity index (χ1v) is 12.2. The molecule has 0 aromatic heterocycles. The smallest absolute Gasteiger partial charge is 0.306 e. The van der Waals surface area contributed by atoms with Crippen molar-refractivity contribution in [2.45, 2.75) is 89.4 Å². The van der Waals surface area contributed by atoms with Gasteiger partial charge in [-0.25, -0.2) is 0 Å². The number of carbonyl (C=O) groups excluding carboxylic acids is 3. The summed E-state index contributed by atoms with van der Waals surface area (Å²) < 4.78 is 6.06. The summed E-state index contributed by atoms with van der Waals surface area (Å²) in [5.74, 6) is 1.67. The minimum atomic E-state index is -0.287. The molecule has 0 aromatic rings. The van der Waals surface area contributed by atoms with Crippen LogP contribution in [0.2, 0.25) is 0 Å². The Kier molecular flexibility index (Phi) is 4.41. The molecule has 158 valence electrons. The highest BCUT2D eigenvalue weighted by molar-refractivity contribution is 8.14. The highest BCUT2D eigenvalue weighted by Crippen LogP contribution is 2.70. The normalized spacial score (nSPS) is 48.6. The van der Waals surface area contributed by atoms with Crippen LogP contribution in [0.1, 0.15) is 78.6 Å². The van der Waals surface area contributed by atoms with Gasteiger partial charge in [-0.05, 0) is 74.2 Å². The van der Waals surface area contributed by atoms with E-state index in [4.69, 9.17) is 4.74 Å². The summed E-state index contributed by atoms with van der Waals surface area (Å²) in [7, 11) is 0. The van der Waals surface area contributed by atoms with Crippen molar-refractivity contribution < 1.29 is 19.1 Å². The molecule has 5 heteroatoms. The predicted octanol–water partition coefficient (Wildman–Crippen LogP) is 4.85. The van der Waals surface area contributed by atoms with Gasteiger partial charge >= 0.3 is 5.97 Å². The monoisotopic (exact) mass is 416 g/mol. The third-order valence-electron chi connectivity index (χ3n) is 9.61. The van der Waals surface area contributed by atoms with Gasteiger partial charge in [0.05, 0.1) is 0 Å². The second-order valence-corrected chi connectivity index (χ2v) is 12.1. The van der Waals surface area contributed by atoms with E-state index < -0.39 is 0 Å². The third-order valence-corrected chi connectivity index (χ3v) is 10.7. The van der Waals surface area contributed by atoms with Gasteiger partial charge in [-0.3, -0.25) is 14.4 Å². The molecule has 5 rings (SSSR count). The first kappa shape index (κ1) is 19.8. The van der Waals surface area contributed by atoms with Gasteiger partial charge in [0.1, 0.15) is 5.60 Å². The number of rotatable bonds is 1. The van der Waals surface area contributed by atoms with Gasteiger partial charge in [-0.2, -0.15) is 0 Å². The number of esters is 1. The second kappa shape index (κ2) is 6.45. The van der Waals surface area contributed by atoms with Crippen LogP contribution in [0.5, 0.6) is 0 Å². The van der Waals surface area contributed by atoms with Crippen LogP contribution < -0.4 is 0 Å². The van der Waals surface area contributed by atoms with Crippen molar-refractivity contribution >= 4 is 28.6 Å². The molecule has 0 radical (unpaired) electrons. The van der Waals surface area contributed by atoms with E-state index in [9.17, 15) is 14.4 Å². The summed E-state index contributed by atoms with van der Waals surface area (Å²) in [6.07, 6.45) is 10.0. The van der Waals surface area contributed by atoms with E-state index >= 15 is 0 Å². The third kappa shape index (κ3) is 2.68. The van der Waals surface area contributed by atoms with Crippen molar-refractivity contribution in [2.75, 3.05) is 0 Å². The number of fused-ring (bicyclic) bond motifs is 6. The molecule has 5 aliphatic rings. The average molecular weight is 417 g/mol. The van der Waals surface area contributed by atoms with Crippen molar-refractivity contribution in [2.24, 2.45) is 28.6 Å². The van der Waals surface area contributed by atoms with E-state index in [2.05, 4.69) is 13.8 Å². The quantitative estimate of drug-likeness (QED) is 0.572. The maximum Gasteiger partial charge on any atom is 0.306 e. The van der Waals surface area contributed by atoms with Gasteiger partial charge in [-0.1, -0.05) is 31.2 Å². The topological polar surface area (TPSA) is 60.4 Å². The van der Waals surface area contributed by atoms with Gasteiger partial charge in [0.25, 0.3) is 0 Å². The van der Waals surface area contributed by atoms with Gasteiger partial charge in [0.15, 0.2) is 10.9 Å². The Morgan fingerprint density at radius 1 is 1.07 bits per heavy atom. The van der Waals surface area contributed by atoms with Crippen LogP contribution in [0, 0.1) is 28.6 Å². The zero-order valence-corrected chi connectivity index (χ0v) is 18.6. The summed E-state index contributed by atoms with van der Waals surface area (Å²) in [6.45, 7) is 6.42. The van der Waals surface area contributed by atoms with E-state index in [-0.39, 0.29) is 38.5 Å². The molecule has 0 bridgehead atoms. The molecule has 29 heavy (non-hydrogen) atoms. The molecular weight excluding hydrogens is 384 g/mol. The van der Waals surface area contributed by atoms with Crippen LogP contribution in [-0.4, -0.2) is 27.7 Å². The van der Waals surface area contributed by atoms with Gasteiger partial charge in [0, 0.05) is 30.4 Å². The fourth-order valence-corrected chi connectivity index (χ4v) is 9.36. The van der Waals surface area contributed by atoms with Crippen LogP contribution in [0.4, 0.5) is 0 Å². The average Bonchev–Trinajstić information content (AvgIpc) is 3.17. The number of ether oxygens (including phenoxy) is 1. The predicted molar refractivity (Wildman–Crippen MR) is 112 cm³/mol.